The van der Waals surface area contributed by atoms with Crippen LogP contribution in [0, 0.1) is 0 Å². The van der Waals surface area contributed by atoms with E-state index >= 15 is 0 Å². The van der Waals surface area contributed by atoms with Crippen molar-refractivity contribution in [3.05, 3.63) is 78.8 Å². The number of rotatable bonds is 5. The van der Waals surface area contributed by atoms with Crippen molar-refractivity contribution in [1.29, 1.82) is 0 Å². The number of nitrogens with two attached hydrogens (primary N) is 1. The normalized spacial score (nSPS) is 11.1. The standard InChI is InChI=1S/C24H20N6O2/c1-32-21-13-26-12-10-17(21)19-8-9-20-24(28-19)30(16-6-4-15(14-31)5-7-16)23(29-20)18-3-2-11-27-22(18)25/h2-13,31H,14H2,1H3,(H2,25,27). The molecule has 5 rings (SSSR count). The van der Waals surface area contributed by atoms with Crippen molar-refractivity contribution in [2.75, 3.05) is 12.8 Å². The minimum absolute atomic E-state index is 0.0302. The molecule has 0 radical (unpaired) electrons. The summed E-state index contributed by atoms with van der Waals surface area (Å²) in [5.74, 6) is 1.65. The quantitative estimate of drug-likeness (QED) is 0.443. The van der Waals surface area contributed by atoms with Crippen LogP contribution in [0.3, 0.4) is 0 Å². The highest BCUT2D eigenvalue weighted by Crippen LogP contribution is 2.33. The second kappa shape index (κ2) is 8.09. The molecule has 0 atom stereocenters. The van der Waals surface area contributed by atoms with Gasteiger partial charge in [0.1, 0.15) is 17.1 Å². The van der Waals surface area contributed by atoms with Crippen molar-refractivity contribution in [2.45, 2.75) is 6.61 Å². The number of imidazole rings is 1. The third-order valence-corrected chi connectivity index (χ3v) is 5.24. The van der Waals surface area contributed by atoms with Gasteiger partial charge in [0, 0.05) is 23.6 Å². The summed E-state index contributed by atoms with van der Waals surface area (Å²) in [5.41, 5.74) is 11.5. The monoisotopic (exact) mass is 424 g/mol. The maximum absolute atomic E-state index is 9.44. The zero-order chi connectivity index (χ0) is 22.1. The zero-order valence-electron chi connectivity index (χ0n) is 17.3. The van der Waals surface area contributed by atoms with Gasteiger partial charge in [0.05, 0.1) is 31.2 Å². The van der Waals surface area contributed by atoms with E-state index in [2.05, 4.69) is 9.97 Å². The highest BCUT2D eigenvalue weighted by Gasteiger charge is 2.19. The van der Waals surface area contributed by atoms with Crippen molar-refractivity contribution < 1.29 is 9.84 Å². The van der Waals surface area contributed by atoms with Gasteiger partial charge in [-0.15, -0.1) is 0 Å². The molecule has 32 heavy (non-hydrogen) atoms. The number of aromatic nitrogens is 5. The molecule has 0 bridgehead atoms. The van der Waals surface area contributed by atoms with Crippen LogP contribution in [0.2, 0.25) is 0 Å². The minimum Gasteiger partial charge on any atom is -0.494 e. The SMILES string of the molecule is COc1cnccc1-c1ccc2nc(-c3cccnc3N)n(-c3ccc(CO)cc3)c2n1. The molecule has 158 valence electrons. The van der Waals surface area contributed by atoms with Crippen LogP contribution in [0.15, 0.2) is 73.2 Å². The van der Waals surface area contributed by atoms with Crippen molar-refractivity contribution >= 4 is 17.0 Å². The molecule has 0 saturated heterocycles. The second-order valence-corrected chi connectivity index (χ2v) is 7.15. The number of hydrogen-bond donors (Lipinski definition) is 2. The molecule has 4 aromatic heterocycles. The topological polar surface area (TPSA) is 112 Å². The maximum atomic E-state index is 9.44. The van der Waals surface area contributed by atoms with Crippen LogP contribution in [0.5, 0.6) is 5.75 Å². The summed E-state index contributed by atoms with van der Waals surface area (Å²) in [6, 6.07) is 17.0. The Kier molecular flexibility index (Phi) is 4.97. The summed E-state index contributed by atoms with van der Waals surface area (Å²) in [4.78, 5) is 18.1. The van der Waals surface area contributed by atoms with Gasteiger partial charge in [0.2, 0.25) is 0 Å². The number of ether oxygens (including phenoxy) is 1. The summed E-state index contributed by atoms with van der Waals surface area (Å²) in [6.45, 7) is -0.0302. The predicted molar refractivity (Wildman–Crippen MR) is 122 cm³/mol. The Balaban J connectivity index is 1.79. The Bertz CT molecular complexity index is 1410. The lowest BCUT2D eigenvalue weighted by Crippen LogP contribution is -2.02. The molecule has 0 saturated carbocycles. The molecule has 4 heterocycles. The Morgan fingerprint density at radius 1 is 0.969 bits per heavy atom. The summed E-state index contributed by atoms with van der Waals surface area (Å²) in [7, 11) is 1.61. The molecule has 0 amide bonds. The van der Waals surface area contributed by atoms with Crippen LogP contribution in [0.1, 0.15) is 5.56 Å². The molecule has 3 N–H and O–H groups in total. The van der Waals surface area contributed by atoms with Crippen LogP contribution in [-0.2, 0) is 6.61 Å². The molecular formula is C24H20N6O2. The Morgan fingerprint density at radius 2 is 1.81 bits per heavy atom. The first-order valence-corrected chi connectivity index (χ1v) is 9.98. The summed E-state index contributed by atoms with van der Waals surface area (Å²) < 4.78 is 7.41. The number of nitrogens with zero attached hydrogens (tertiary/aromatic N) is 5. The number of hydrogen-bond acceptors (Lipinski definition) is 7. The van der Waals surface area contributed by atoms with Gasteiger partial charge in [-0.05, 0) is 48.0 Å². The van der Waals surface area contributed by atoms with E-state index in [-0.39, 0.29) is 6.61 Å². The third kappa shape index (κ3) is 3.32. The molecule has 0 fully saturated rings. The average Bonchev–Trinajstić information content (AvgIpc) is 3.22. The smallest absolute Gasteiger partial charge is 0.165 e. The molecule has 8 heteroatoms. The Morgan fingerprint density at radius 3 is 2.56 bits per heavy atom. The number of pyridine rings is 3. The number of aliphatic hydroxyl groups excluding tert-OH is 1. The van der Waals surface area contributed by atoms with Gasteiger partial charge < -0.3 is 15.6 Å². The second-order valence-electron chi connectivity index (χ2n) is 7.15. The summed E-state index contributed by atoms with van der Waals surface area (Å²) in [5, 5.41) is 9.44. The van der Waals surface area contributed by atoms with E-state index in [1.165, 1.54) is 0 Å². The minimum atomic E-state index is -0.0302. The van der Waals surface area contributed by atoms with Gasteiger partial charge in [0.15, 0.2) is 11.5 Å². The fourth-order valence-corrected chi connectivity index (χ4v) is 3.64. The fourth-order valence-electron chi connectivity index (χ4n) is 3.64. The number of nitrogen functional groups attached to an aromatic ring is 1. The van der Waals surface area contributed by atoms with E-state index in [1.807, 2.05) is 59.2 Å². The van der Waals surface area contributed by atoms with Crippen LogP contribution < -0.4 is 10.5 Å². The first-order chi connectivity index (χ1) is 15.7. The van der Waals surface area contributed by atoms with Gasteiger partial charge in [-0.3, -0.25) is 9.55 Å². The van der Waals surface area contributed by atoms with E-state index in [0.717, 1.165) is 22.5 Å². The van der Waals surface area contributed by atoms with Crippen LogP contribution in [-0.4, -0.2) is 36.7 Å². The zero-order valence-corrected chi connectivity index (χ0v) is 17.3. The lowest BCUT2D eigenvalue weighted by Gasteiger charge is -2.11. The van der Waals surface area contributed by atoms with Gasteiger partial charge in [-0.25, -0.2) is 15.0 Å². The largest absolute Gasteiger partial charge is 0.494 e. The van der Waals surface area contributed by atoms with E-state index in [1.54, 1.807) is 25.7 Å². The highest BCUT2D eigenvalue weighted by molar-refractivity contribution is 5.85. The van der Waals surface area contributed by atoms with Gasteiger partial charge in [0.25, 0.3) is 0 Å². The lowest BCUT2D eigenvalue weighted by molar-refractivity contribution is 0.282. The molecule has 0 aliphatic heterocycles. The van der Waals surface area contributed by atoms with Gasteiger partial charge in [-0.1, -0.05) is 12.1 Å². The van der Waals surface area contributed by atoms with E-state index < -0.39 is 0 Å². The van der Waals surface area contributed by atoms with Gasteiger partial charge in [-0.2, -0.15) is 0 Å². The first-order valence-electron chi connectivity index (χ1n) is 9.98. The molecule has 0 unspecified atom stereocenters. The van der Waals surface area contributed by atoms with Gasteiger partial charge >= 0.3 is 0 Å². The van der Waals surface area contributed by atoms with Crippen LogP contribution in [0.25, 0.3) is 39.5 Å². The number of methoxy groups -OCH3 is 1. The predicted octanol–water partition coefficient (Wildman–Crippen LogP) is 3.63. The number of anilines is 1. The van der Waals surface area contributed by atoms with E-state index in [9.17, 15) is 5.11 Å². The van der Waals surface area contributed by atoms with E-state index in [4.69, 9.17) is 20.4 Å². The van der Waals surface area contributed by atoms with Crippen LogP contribution >= 0.6 is 0 Å². The molecule has 1 aromatic carbocycles. The Hall–Kier alpha value is -4.30. The highest BCUT2D eigenvalue weighted by atomic mass is 16.5. The van der Waals surface area contributed by atoms with Crippen molar-refractivity contribution in [3.8, 4) is 34.1 Å². The maximum Gasteiger partial charge on any atom is 0.165 e. The third-order valence-electron chi connectivity index (χ3n) is 5.24. The first kappa shape index (κ1) is 19.7. The molecule has 0 aliphatic rings. The lowest BCUT2D eigenvalue weighted by atomic mass is 10.1. The van der Waals surface area contributed by atoms with Crippen molar-refractivity contribution in [1.82, 2.24) is 24.5 Å². The van der Waals surface area contributed by atoms with Crippen molar-refractivity contribution in [2.24, 2.45) is 0 Å². The molecule has 0 aliphatic carbocycles. The molecule has 5 aromatic rings. The average molecular weight is 424 g/mol. The Labute approximate surface area is 184 Å². The fraction of sp³-hybridized carbons (Fsp3) is 0.0833. The summed E-state index contributed by atoms with van der Waals surface area (Å²) in [6.07, 6.45) is 5.01. The number of benzene rings is 1. The number of fused-ring (bicyclic) bond motifs is 1. The van der Waals surface area contributed by atoms with E-state index in [0.29, 0.717) is 34.1 Å². The number of aliphatic hydroxyl groups is 1. The molecular weight excluding hydrogens is 404 g/mol. The molecule has 0 spiro atoms. The van der Waals surface area contributed by atoms with Crippen molar-refractivity contribution in [3.63, 3.8) is 0 Å². The molecule has 8 nitrogen and oxygen atoms in total. The summed E-state index contributed by atoms with van der Waals surface area (Å²) >= 11 is 0. The van der Waals surface area contributed by atoms with Crippen LogP contribution in [0.4, 0.5) is 5.82 Å².